The maximum Gasteiger partial charge on any atom is 0.232 e. The van der Waals surface area contributed by atoms with Crippen molar-refractivity contribution >= 4 is 23.2 Å². The summed E-state index contributed by atoms with van der Waals surface area (Å²) in [4.78, 5) is 18.4. The van der Waals surface area contributed by atoms with Crippen molar-refractivity contribution in [3.05, 3.63) is 59.2 Å². The molecule has 0 N–H and O–H groups in total. The fraction of sp³-hybridized carbons (Fsp3) is 0.211. The number of carbonyl (C=O) groups excluding carboxylic acids is 1. The topological polar surface area (TPSA) is 68.5 Å². The van der Waals surface area contributed by atoms with Gasteiger partial charge in [0.25, 0.3) is 0 Å². The molecule has 6 nitrogen and oxygen atoms in total. The largest absolute Gasteiger partial charge is 0.497 e. The van der Waals surface area contributed by atoms with E-state index in [2.05, 4.69) is 10.1 Å². The highest BCUT2D eigenvalue weighted by molar-refractivity contribution is 6.30. The summed E-state index contributed by atoms with van der Waals surface area (Å²) in [7, 11) is 1.59. The molecule has 2 aromatic carbocycles. The van der Waals surface area contributed by atoms with Gasteiger partial charge in [-0.3, -0.25) is 4.79 Å². The molecule has 1 unspecified atom stereocenters. The van der Waals surface area contributed by atoms with Gasteiger partial charge in [-0.1, -0.05) is 16.8 Å². The minimum absolute atomic E-state index is 0.0255. The molecule has 1 aliphatic heterocycles. The van der Waals surface area contributed by atoms with Gasteiger partial charge in [-0.2, -0.15) is 4.98 Å². The SMILES string of the molecule is COc1ccc(N2CC(c3nc(-c4ccc(Cl)c(F)c4)no3)CC2=O)cc1. The molecule has 2 heterocycles. The molecule has 1 atom stereocenters. The van der Waals surface area contributed by atoms with Gasteiger partial charge in [0, 0.05) is 24.2 Å². The van der Waals surface area contributed by atoms with Gasteiger partial charge in [-0.05, 0) is 42.5 Å². The summed E-state index contributed by atoms with van der Waals surface area (Å²) in [5, 5.41) is 3.93. The van der Waals surface area contributed by atoms with Crippen LogP contribution in [0.15, 0.2) is 47.0 Å². The Morgan fingerprint density at radius 1 is 1.26 bits per heavy atom. The first-order chi connectivity index (χ1) is 13.0. The molecule has 3 aromatic rings. The molecule has 0 bridgehead atoms. The predicted octanol–water partition coefficient (Wildman–Crippen LogP) is 4.06. The molecule has 0 spiro atoms. The van der Waals surface area contributed by atoms with Crippen LogP contribution in [0.25, 0.3) is 11.4 Å². The van der Waals surface area contributed by atoms with Crippen LogP contribution in [-0.2, 0) is 4.79 Å². The van der Waals surface area contributed by atoms with E-state index in [4.69, 9.17) is 20.9 Å². The van der Waals surface area contributed by atoms with E-state index >= 15 is 0 Å². The van der Waals surface area contributed by atoms with Crippen LogP contribution in [-0.4, -0.2) is 29.7 Å². The van der Waals surface area contributed by atoms with Gasteiger partial charge in [0.15, 0.2) is 0 Å². The minimum atomic E-state index is -0.553. The number of anilines is 1. The van der Waals surface area contributed by atoms with Crippen LogP contribution in [0, 0.1) is 5.82 Å². The molecule has 0 saturated carbocycles. The number of amides is 1. The highest BCUT2D eigenvalue weighted by Gasteiger charge is 2.35. The second-order valence-electron chi connectivity index (χ2n) is 6.19. The van der Waals surface area contributed by atoms with Crippen LogP contribution in [0.1, 0.15) is 18.2 Å². The van der Waals surface area contributed by atoms with Gasteiger partial charge in [-0.25, -0.2) is 4.39 Å². The van der Waals surface area contributed by atoms with E-state index in [0.29, 0.717) is 18.0 Å². The van der Waals surface area contributed by atoms with Crippen LogP contribution in [0.5, 0.6) is 5.75 Å². The number of halogens is 2. The molecule has 0 radical (unpaired) electrons. The standard InChI is InChI=1S/C19H15ClFN3O3/c1-26-14-5-3-13(4-6-14)24-10-12(9-17(24)25)19-22-18(23-27-19)11-2-7-15(20)16(21)8-11/h2-8,12H,9-10H2,1H3. The minimum Gasteiger partial charge on any atom is -0.497 e. The Kier molecular flexibility index (Phi) is 4.53. The van der Waals surface area contributed by atoms with E-state index in [0.717, 1.165) is 11.4 Å². The third-order valence-electron chi connectivity index (χ3n) is 4.48. The van der Waals surface area contributed by atoms with Crippen molar-refractivity contribution in [2.75, 3.05) is 18.6 Å². The summed E-state index contributed by atoms with van der Waals surface area (Å²) in [6.45, 7) is 0.432. The Morgan fingerprint density at radius 2 is 2.04 bits per heavy atom. The molecule has 1 fully saturated rings. The second kappa shape index (κ2) is 7.00. The summed E-state index contributed by atoms with van der Waals surface area (Å²) in [5.74, 6) is 0.530. The maximum atomic E-state index is 13.6. The number of carbonyl (C=O) groups is 1. The molecule has 0 aliphatic carbocycles. The number of rotatable bonds is 4. The quantitative estimate of drug-likeness (QED) is 0.675. The number of aromatic nitrogens is 2. The highest BCUT2D eigenvalue weighted by Crippen LogP contribution is 2.33. The van der Waals surface area contributed by atoms with E-state index in [9.17, 15) is 9.18 Å². The normalized spacial score (nSPS) is 16.8. The van der Waals surface area contributed by atoms with Gasteiger partial charge in [0.1, 0.15) is 11.6 Å². The zero-order chi connectivity index (χ0) is 19.0. The molecule has 138 valence electrons. The lowest BCUT2D eigenvalue weighted by Gasteiger charge is -2.16. The van der Waals surface area contributed by atoms with Crippen LogP contribution < -0.4 is 9.64 Å². The summed E-state index contributed by atoms with van der Waals surface area (Å²) in [6.07, 6.45) is 0.267. The average Bonchev–Trinajstić information content (AvgIpc) is 3.31. The fourth-order valence-electron chi connectivity index (χ4n) is 3.04. The van der Waals surface area contributed by atoms with Crippen molar-refractivity contribution in [2.45, 2.75) is 12.3 Å². The fourth-order valence-corrected chi connectivity index (χ4v) is 3.16. The number of hydrogen-bond donors (Lipinski definition) is 0. The molecule has 1 aromatic heterocycles. The Morgan fingerprint density at radius 3 is 2.74 bits per heavy atom. The number of nitrogens with zero attached hydrogens (tertiary/aromatic N) is 3. The monoisotopic (exact) mass is 387 g/mol. The van der Waals surface area contributed by atoms with Crippen LogP contribution >= 0.6 is 11.6 Å². The van der Waals surface area contributed by atoms with Crippen molar-refractivity contribution in [3.63, 3.8) is 0 Å². The third kappa shape index (κ3) is 3.38. The molecule has 1 amide bonds. The summed E-state index contributed by atoms with van der Waals surface area (Å²) >= 11 is 5.70. The van der Waals surface area contributed by atoms with Crippen molar-refractivity contribution in [2.24, 2.45) is 0 Å². The molecule has 8 heteroatoms. The van der Waals surface area contributed by atoms with Crippen LogP contribution in [0.3, 0.4) is 0 Å². The molecular weight excluding hydrogens is 373 g/mol. The lowest BCUT2D eigenvalue weighted by molar-refractivity contribution is -0.117. The average molecular weight is 388 g/mol. The second-order valence-corrected chi connectivity index (χ2v) is 6.60. The van der Waals surface area contributed by atoms with E-state index in [-0.39, 0.29) is 29.1 Å². The van der Waals surface area contributed by atoms with Crippen molar-refractivity contribution in [1.29, 1.82) is 0 Å². The third-order valence-corrected chi connectivity index (χ3v) is 4.78. The van der Waals surface area contributed by atoms with Gasteiger partial charge >= 0.3 is 0 Å². The Hall–Kier alpha value is -2.93. The summed E-state index contributed by atoms with van der Waals surface area (Å²) < 4.78 is 24.1. The number of benzene rings is 2. The maximum absolute atomic E-state index is 13.6. The number of hydrogen-bond acceptors (Lipinski definition) is 5. The van der Waals surface area contributed by atoms with E-state index in [1.54, 1.807) is 30.2 Å². The summed E-state index contributed by atoms with van der Waals surface area (Å²) in [6, 6.07) is 11.6. The van der Waals surface area contributed by atoms with E-state index in [1.165, 1.54) is 12.1 Å². The number of methoxy groups -OCH3 is 1. The summed E-state index contributed by atoms with van der Waals surface area (Å²) in [5.41, 5.74) is 1.24. The Balaban J connectivity index is 1.53. The number of ether oxygens (including phenoxy) is 1. The zero-order valence-electron chi connectivity index (χ0n) is 14.4. The van der Waals surface area contributed by atoms with E-state index < -0.39 is 5.82 Å². The molecule has 1 saturated heterocycles. The molecule has 1 aliphatic rings. The smallest absolute Gasteiger partial charge is 0.232 e. The Labute approximate surface area is 159 Å². The molecular formula is C19H15ClFN3O3. The Bertz CT molecular complexity index is 990. The van der Waals surface area contributed by atoms with E-state index in [1.807, 2.05) is 12.1 Å². The lowest BCUT2D eigenvalue weighted by atomic mass is 10.1. The lowest BCUT2D eigenvalue weighted by Crippen LogP contribution is -2.24. The van der Waals surface area contributed by atoms with Gasteiger partial charge < -0.3 is 14.2 Å². The van der Waals surface area contributed by atoms with Crippen molar-refractivity contribution in [3.8, 4) is 17.1 Å². The molecule has 27 heavy (non-hydrogen) atoms. The van der Waals surface area contributed by atoms with Crippen LogP contribution in [0.2, 0.25) is 5.02 Å². The first-order valence-corrected chi connectivity index (χ1v) is 8.66. The van der Waals surface area contributed by atoms with Gasteiger partial charge in [0.2, 0.25) is 17.6 Å². The van der Waals surface area contributed by atoms with Crippen molar-refractivity contribution < 1.29 is 18.4 Å². The molecule has 4 rings (SSSR count). The highest BCUT2D eigenvalue weighted by atomic mass is 35.5. The van der Waals surface area contributed by atoms with Crippen LogP contribution in [0.4, 0.5) is 10.1 Å². The predicted molar refractivity (Wildman–Crippen MR) is 97.4 cm³/mol. The van der Waals surface area contributed by atoms with Crippen molar-refractivity contribution in [1.82, 2.24) is 10.1 Å². The zero-order valence-corrected chi connectivity index (χ0v) is 15.1. The van der Waals surface area contributed by atoms with Gasteiger partial charge in [0.05, 0.1) is 18.1 Å². The first-order valence-electron chi connectivity index (χ1n) is 8.28. The first kappa shape index (κ1) is 17.5. The van der Waals surface area contributed by atoms with Gasteiger partial charge in [-0.15, -0.1) is 0 Å².